The van der Waals surface area contributed by atoms with Crippen molar-refractivity contribution in [2.24, 2.45) is 5.41 Å². The van der Waals surface area contributed by atoms with E-state index in [1.54, 1.807) is 12.1 Å². The monoisotopic (exact) mass is 276 g/mol. The third-order valence-corrected chi connectivity index (χ3v) is 4.23. The van der Waals surface area contributed by atoms with Gasteiger partial charge in [-0.1, -0.05) is 25.3 Å². The fraction of sp³-hybridized carbons (Fsp3) is 0.562. The Labute approximate surface area is 119 Å². The van der Waals surface area contributed by atoms with Gasteiger partial charge in [-0.3, -0.25) is 0 Å². The fourth-order valence-electron chi connectivity index (χ4n) is 2.93. The minimum Gasteiger partial charge on any atom is -0.396 e. The van der Waals surface area contributed by atoms with Crippen molar-refractivity contribution in [3.05, 3.63) is 35.1 Å². The second-order valence-corrected chi connectivity index (χ2v) is 5.75. The van der Waals surface area contributed by atoms with E-state index in [-0.39, 0.29) is 17.6 Å². The second kappa shape index (κ2) is 6.83. The summed E-state index contributed by atoms with van der Waals surface area (Å²) >= 11 is 0. The van der Waals surface area contributed by atoms with E-state index < -0.39 is 5.82 Å². The average Bonchev–Trinajstić information content (AvgIpc) is 2.50. The molecule has 0 heterocycles. The molecule has 1 aromatic rings. The van der Waals surface area contributed by atoms with E-state index in [1.165, 1.54) is 25.3 Å². The summed E-state index contributed by atoms with van der Waals surface area (Å²) in [5.41, 5.74) is 0.974. The number of hydrogen-bond donors (Lipinski definition) is 2. The predicted octanol–water partition coefficient (Wildman–Crippen LogP) is 2.73. The van der Waals surface area contributed by atoms with Crippen LogP contribution in [0.5, 0.6) is 0 Å². The third-order valence-electron chi connectivity index (χ3n) is 4.23. The van der Waals surface area contributed by atoms with Crippen LogP contribution in [-0.2, 0) is 6.54 Å². The number of nitrogens with zero attached hydrogens (tertiary/aromatic N) is 1. The predicted molar refractivity (Wildman–Crippen MR) is 75.4 cm³/mol. The molecule has 0 unspecified atom stereocenters. The molecule has 20 heavy (non-hydrogen) atoms. The number of nitriles is 1. The van der Waals surface area contributed by atoms with Crippen LogP contribution in [0.1, 0.15) is 43.2 Å². The molecular formula is C16H21FN2O. The normalized spacial score (nSPS) is 17.6. The first-order valence-electron chi connectivity index (χ1n) is 7.19. The molecule has 0 saturated heterocycles. The van der Waals surface area contributed by atoms with Gasteiger partial charge >= 0.3 is 0 Å². The Hall–Kier alpha value is -1.44. The quantitative estimate of drug-likeness (QED) is 0.869. The molecule has 0 radical (unpaired) electrons. The fourth-order valence-corrected chi connectivity index (χ4v) is 2.93. The van der Waals surface area contributed by atoms with Gasteiger partial charge in [0.2, 0.25) is 0 Å². The van der Waals surface area contributed by atoms with E-state index >= 15 is 0 Å². The highest BCUT2D eigenvalue weighted by atomic mass is 19.1. The highest BCUT2D eigenvalue weighted by molar-refractivity contribution is 5.34. The van der Waals surface area contributed by atoms with Gasteiger partial charge in [-0.25, -0.2) is 4.39 Å². The van der Waals surface area contributed by atoms with E-state index in [0.717, 1.165) is 24.9 Å². The molecule has 1 saturated carbocycles. The Bertz CT molecular complexity index is 490. The summed E-state index contributed by atoms with van der Waals surface area (Å²) in [5, 5.41) is 21.8. The molecule has 1 aliphatic rings. The van der Waals surface area contributed by atoms with Gasteiger partial charge in [-0.05, 0) is 30.5 Å². The lowest BCUT2D eigenvalue weighted by Gasteiger charge is -2.35. The summed E-state index contributed by atoms with van der Waals surface area (Å²) in [5.74, 6) is -0.477. The van der Waals surface area contributed by atoms with Crippen LogP contribution < -0.4 is 5.32 Å². The summed E-state index contributed by atoms with van der Waals surface area (Å²) in [6.45, 7) is 1.58. The highest BCUT2D eigenvalue weighted by Crippen LogP contribution is 2.35. The maximum Gasteiger partial charge on any atom is 0.140 e. The van der Waals surface area contributed by atoms with Crippen LogP contribution in [-0.4, -0.2) is 18.3 Å². The van der Waals surface area contributed by atoms with Crippen molar-refractivity contribution in [1.82, 2.24) is 5.32 Å². The van der Waals surface area contributed by atoms with Crippen LogP contribution in [0.15, 0.2) is 18.2 Å². The van der Waals surface area contributed by atoms with E-state index in [2.05, 4.69) is 5.32 Å². The molecule has 4 heteroatoms. The van der Waals surface area contributed by atoms with E-state index in [0.29, 0.717) is 6.54 Å². The smallest absolute Gasteiger partial charge is 0.140 e. The van der Waals surface area contributed by atoms with Gasteiger partial charge < -0.3 is 10.4 Å². The zero-order chi connectivity index (χ0) is 14.4. The molecule has 0 amide bonds. The molecule has 3 nitrogen and oxygen atoms in total. The lowest BCUT2D eigenvalue weighted by Crippen LogP contribution is -2.38. The van der Waals surface area contributed by atoms with Gasteiger partial charge in [0, 0.05) is 25.1 Å². The highest BCUT2D eigenvalue weighted by Gasteiger charge is 2.30. The van der Waals surface area contributed by atoms with Crippen LogP contribution in [0.25, 0.3) is 0 Å². The lowest BCUT2D eigenvalue weighted by atomic mass is 9.74. The van der Waals surface area contributed by atoms with Gasteiger partial charge in [0.15, 0.2) is 0 Å². The number of aliphatic hydroxyl groups excluding tert-OH is 1. The van der Waals surface area contributed by atoms with Crippen molar-refractivity contribution in [2.75, 3.05) is 13.2 Å². The number of rotatable bonds is 5. The molecule has 0 bridgehead atoms. The van der Waals surface area contributed by atoms with Crippen molar-refractivity contribution in [3.8, 4) is 6.07 Å². The summed E-state index contributed by atoms with van der Waals surface area (Å²) in [6, 6.07) is 6.45. The Balaban J connectivity index is 1.90. The third kappa shape index (κ3) is 3.56. The first-order chi connectivity index (χ1) is 9.69. The summed E-state index contributed by atoms with van der Waals surface area (Å²) in [7, 11) is 0. The molecule has 1 aromatic carbocycles. The zero-order valence-electron chi connectivity index (χ0n) is 11.7. The van der Waals surface area contributed by atoms with Crippen molar-refractivity contribution in [2.45, 2.75) is 38.6 Å². The maximum atomic E-state index is 13.2. The minimum atomic E-state index is -0.477. The number of hydrogen-bond acceptors (Lipinski definition) is 3. The molecule has 0 atom stereocenters. The van der Waals surface area contributed by atoms with Crippen molar-refractivity contribution in [1.29, 1.82) is 5.26 Å². The summed E-state index contributed by atoms with van der Waals surface area (Å²) in [4.78, 5) is 0. The standard InChI is InChI=1S/C16H21FN2O/c17-15-5-4-13(8-14(15)9-18)10-19-11-16(12-20)6-2-1-3-7-16/h4-5,8,19-20H,1-3,6-7,10-12H2. The molecule has 2 N–H and O–H groups in total. The van der Waals surface area contributed by atoms with Crippen LogP contribution in [0, 0.1) is 22.6 Å². The van der Waals surface area contributed by atoms with E-state index in [4.69, 9.17) is 5.26 Å². The number of halogens is 1. The Morgan fingerprint density at radius 2 is 2.05 bits per heavy atom. The van der Waals surface area contributed by atoms with Gasteiger partial charge in [-0.15, -0.1) is 0 Å². The van der Waals surface area contributed by atoms with Crippen LogP contribution in [0.2, 0.25) is 0 Å². The van der Waals surface area contributed by atoms with Gasteiger partial charge in [0.1, 0.15) is 11.9 Å². The maximum absolute atomic E-state index is 13.2. The van der Waals surface area contributed by atoms with Crippen molar-refractivity contribution >= 4 is 0 Å². The van der Waals surface area contributed by atoms with Gasteiger partial charge in [0.25, 0.3) is 0 Å². The molecule has 0 aliphatic heterocycles. The molecule has 1 fully saturated rings. The van der Waals surface area contributed by atoms with Crippen molar-refractivity contribution in [3.63, 3.8) is 0 Å². The number of aliphatic hydroxyl groups is 1. The number of benzene rings is 1. The molecule has 0 spiro atoms. The Morgan fingerprint density at radius 1 is 1.30 bits per heavy atom. The number of nitrogens with one attached hydrogen (secondary N) is 1. The topological polar surface area (TPSA) is 56.0 Å². The second-order valence-electron chi connectivity index (χ2n) is 5.75. The van der Waals surface area contributed by atoms with Gasteiger partial charge in [0.05, 0.1) is 5.56 Å². The zero-order valence-corrected chi connectivity index (χ0v) is 11.7. The van der Waals surface area contributed by atoms with Crippen LogP contribution >= 0.6 is 0 Å². The summed E-state index contributed by atoms with van der Waals surface area (Å²) in [6.07, 6.45) is 5.73. The summed E-state index contributed by atoms with van der Waals surface area (Å²) < 4.78 is 13.2. The van der Waals surface area contributed by atoms with Gasteiger partial charge in [-0.2, -0.15) is 5.26 Å². The average molecular weight is 276 g/mol. The largest absolute Gasteiger partial charge is 0.396 e. The Morgan fingerprint density at radius 3 is 2.70 bits per heavy atom. The molecule has 0 aromatic heterocycles. The van der Waals surface area contributed by atoms with E-state index in [1.807, 2.05) is 6.07 Å². The van der Waals surface area contributed by atoms with E-state index in [9.17, 15) is 9.50 Å². The molecule has 1 aliphatic carbocycles. The first kappa shape index (κ1) is 15.0. The van der Waals surface area contributed by atoms with Crippen LogP contribution in [0.3, 0.4) is 0 Å². The SMILES string of the molecule is N#Cc1cc(CNCC2(CO)CCCCC2)ccc1F. The molecular weight excluding hydrogens is 255 g/mol. The first-order valence-corrected chi connectivity index (χ1v) is 7.19. The molecule has 108 valence electrons. The lowest BCUT2D eigenvalue weighted by molar-refractivity contribution is 0.0810. The minimum absolute atomic E-state index is 0.00363. The van der Waals surface area contributed by atoms with Crippen LogP contribution in [0.4, 0.5) is 4.39 Å². The van der Waals surface area contributed by atoms with Crippen molar-refractivity contribution < 1.29 is 9.50 Å². The Kier molecular flexibility index (Phi) is 5.11. The molecule has 2 rings (SSSR count).